The second-order valence-corrected chi connectivity index (χ2v) is 9.60. The molecule has 2 rings (SSSR count). The zero-order valence-corrected chi connectivity index (χ0v) is 18.9. The number of nitrogens with zero attached hydrogens (tertiary/aromatic N) is 1. The van der Waals surface area contributed by atoms with Crippen LogP contribution >= 0.6 is 0 Å². The molecule has 0 saturated carbocycles. The molecular weight excluding hydrogens is 388 g/mol. The van der Waals surface area contributed by atoms with E-state index >= 15 is 0 Å². The average molecular weight is 427 g/mol. The molecule has 0 aliphatic carbocycles. The fourth-order valence-corrected chi connectivity index (χ4v) is 4.04. The van der Waals surface area contributed by atoms with Gasteiger partial charge in [-0.15, -0.1) is 0 Å². The number of rotatable bonds is 9. The standard InChI is InChI=1S/C21H38N4O5/c1-13(11-22-12-15-6-8-23-18(15)27)10-17(14(2)26)25-9-7-16(19(25)28)24-20(29)30-21(3,4)5/h13-17,22,26H,6-12H2,1-5H3,(H,23,27)(H,24,29)/t13?,14-,15-,16-,17-/m0/s1. The van der Waals surface area contributed by atoms with Crippen molar-refractivity contribution in [1.82, 2.24) is 20.9 Å². The van der Waals surface area contributed by atoms with Crippen LogP contribution in [0.2, 0.25) is 0 Å². The molecule has 2 aliphatic rings. The molecule has 0 aromatic rings. The van der Waals surface area contributed by atoms with E-state index in [4.69, 9.17) is 4.74 Å². The van der Waals surface area contributed by atoms with Crippen molar-refractivity contribution < 1.29 is 24.2 Å². The zero-order chi connectivity index (χ0) is 22.5. The topological polar surface area (TPSA) is 120 Å². The Balaban J connectivity index is 1.84. The fraction of sp³-hybridized carbons (Fsp3) is 0.857. The minimum absolute atomic E-state index is 0.0182. The molecule has 2 fully saturated rings. The van der Waals surface area contributed by atoms with E-state index in [1.165, 1.54) is 0 Å². The summed E-state index contributed by atoms with van der Waals surface area (Å²) < 4.78 is 5.24. The molecule has 0 bridgehead atoms. The second-order valence-electron chi connectivity index (χ2n) is 9.60. The van der Waals surface area contributed by atoms with Crippen LogP contribution in [-0.2, 0) is 14.3 Å². The second kappa shape index (κ2) is 10.4. The van der Waals surface area contributed by atoms with E-state index in [1.807, 2.05) is 0 Å². The van der Waals surface area contributed by atoms with Crippen molar-refractivity contribution in [3.63, 3.8) is 0 Å². The van der Waals surface area contributed by atoms with Gasteiger partial charge in [-0.05, 0) is 59.4 Å². The molecule has 5 atom stereocenters. The highest BCUT2D eigenvalue weighted by atomic mass is 16.6. The highest BCUT2D eigenvalue weighted by Gasteiger charge is 2.39. The number of carbonyl (C=O) groups is 3. The highest BCUT2D eigenvalue weighted by Crippen LogP contribution is 2.22. The predicted molar refractivity (Wildman–Crippen MR) is 113 cm³/mol. The Morgan fingerprint density at radius 2 is 2.00 bits per heavy atom. The molecule has 172 valence electrons. The van der Waals surface area contributed by atoms with Gasteiger partial charge < -0.3 is 30.7 Å². The number of carbonyl (C=O) groups excluding carboxylic acids is 3. The van der Waals surface area contributed by atoms with Crippen molar-refractivity contribution in [2.24, 2.45) is 11.8 Å². The average Bonchev–Trinajstić information content (AvgIpc) is 3.17. The van der Waals surface area contributed by atoms with Gasteiger partial charge in [0, 0.05) is 19.6 Å². The van der Waals surface area contributed by atoms with Gasteiger partial charge in [-0.25, -0.2) is 4.79 Å². The first-order chi connectivity index (χ1) is 14.0. The Hall–Kier alpha value is -1.87. The molecule has 0 aromatic heterocycles. The van der Waals surface area contributed by atoms with Crippen LogP contribution in [0.5, 0.6) is 0 Å². The van der Waals surface area contributed by atoms with Gasteiger partial charge in [-0.3, -0.25) is 9.59 Å². The van der Waals surface area contributed by atoms with Crippen LogP contribution in [0.25, 0.3) is 0 Å². The minimum Gasteiger partial charge on any atom is -0.444 e. The lowest BCUT2D eigenvalue weighted by Crippen LogP contribution is -2.49. The Morgan fingerprint density at radius 1 is 1.30 bits per heavy atom. The van der Waals surface area contributed by atoms with Crippen LogP contribution < -0.4 is 16.0 Å². The molecule has 4 N–H and O–H groups in total. The third kappa shape index (κ3) is 7.12. The van der Waals surface area contributed by atoms with Crippen molar-refractivity contribution in [1.29, 1.82) is 0 Å². The first kappa shape index (κ1) is 24.4. The molecule has 0 radical (unpaired) electrons. The lowest BCUT2D eigenvalue weighted by Gasteiger charge is -2.32. The molecule has 0 aromatic carbocycles. The van der Waals surface area contributed by atoms with E-state index in [0.717, 1.165) is 13.0 Å². The summed E-state index contributed by atoms with van der Waals surface area (Å²) in [6.07, 6.45) is 0.684. The summed E-state index contributed by atoms with van der Waals surface area (Å²) >= 11 is 0. The molecule has 30 heavy (non-hydrogen) atoms. The van der Waals surface area contributed by atoms with Crippen molar-refractivity contribution in [2.45, 2.75) is 77.7 Å². The van der Waals surface area contributed by atoms with Gasteiger partial charge in [0.05, 0.1) is 18.1 Å². The first-order valence-electron chi connectivity index (χ1n) is 10.9. The molecule has 2 aliphatic heterocycles. The van der Waals surface area contributed by atoms with Gasteiger partial charge in [0.1, 0.15) is 11.6 Å². The summed E-state index contributed by atoms with van der Waals surface area (Å²) in [5, 5.41) is 19.1. The van der Waals surface area contributed by atoms with E-state index in [1.54, 1.807) is 32.6 Å². The maximum absolute atomic E-state index is 12.8. The maximum Gasteiger partial charge on any atom is 0.408 e. The molecule has 2 heterocycles. The SMILES string of the molecule is CC(CNC[C@@H]1CCNC1=O)C[C@@H]([C@H](C)O)N1CC[C@H](NC(=O)OC(C)(C)C)C1=O. The Morgan fingerprint density at radius 3 is 2.57 bits per heavy atom. The van der Waals surface area contributed by atoms with Crippen LogP contribution in [-0.4, -0.2) is 77.9 Å². The summed E-state index contributed by atoms with van der Waals surface area (Å²) in [5.41, 5.74) is -0.630. The molecular formula is C21H38N4O5. The zero-order valence-electron chi connectivity index (χ0n) is 18.9. The maximum atomic E-state index is 12.8. The fourth-order valence-electron chi connectivity index (χ4n) is 4.04. The van der Waals surface area contributed by atoms with Crippen molar-refractivity contribution in [3.05, 3.63) is 0 Å². The van der Waals surface area contributed by atoms with E-state index in [9.17, 15) is 19.5 Å². The van der Waals surface area contributed by atoms with E-state index < -0.39 is 23.8 Å². The van der Waals surface area contributed by atoms with Crippen molar-refractivity contribution >= 4 is 17.9 Å². The molecule has 9 nitrogen and oxygen atoms in total. The van der Waals surface area contributed by atoms with E-state index in [2.05, 4.69) is 22.9 Å². The lowest BCUT2D eigenvalue weighted by molar-refractivity contribution is -0.134. The number of hydrogen-bond donors (Lipinski definition) is 4. The quantitative estimate of drug-likeness (QED) is 0.429. The summed E-state index contributed by atoms with van der Waals surface area (Å²) in [4.78, 5) is 38.2. The van der Waals surface area contributed by atoms with Crippen molar-refractivity contribution in [2.75, 3.05) is 26.2 Å². The number of nitrogens with one attached hydrogen (secondary N) is 3. The largest absolute Gasteiger partial charge is 0.444 e. The molecule has 3 amide bonds. The van der Waals surface area contributed by atoms with Crippen LogP contribution in [0.15, 0.2) is 0 Å². The number of amides is 3. The predicted octanol–water partition coefficient (Wildman–Crippen LogP) is 0.613. The van der Waals surface area contributed by atoms with Gasteiger partial charge in [0.15, 0.2) is 0 Å². The van der Waals surface area contributed by atoms with Crippen molar-refractivity contribution in [3.8, 4) is 0 Å². The number of aliphatic hydroxyl groups excluding tert-OH is 1. The Labute approximate surface area is 179 Å². The highest BCUT2D eigenvalue weighted by molar-refractivity contribution is 5.87. The van der Waals surface area contributed by atoms with Gasteiger partial charge in [0.2, 0.25) is 11.8 Å². The Kier molecular flexibility index (Phi) is 8.49. The number of hydrogen-bond acceptors (Lipinski definition) is 6. The summed E-state index contributed by atoms with van der Waals surface area (Å²) in [6, 6.07) is -0.954. The van der Waals surface area contributed by atoms with Crippen LogP contribution in [0.4, 0.5) is 4.79 Å². The number of ether oxygens (including phenoxy) is 1. The molecule has 2 saturated heterocycles. The van der Waals surface area contributed by atoms with Gasteiger partial charge in [-0.2, -0.15) is 0 Å². The van der Waals surface area contributed by atoms with Gasteiger partial charge in [0.25, 0.3) is 0 Å². The molecule has 9 heteroatoms. The summed E-state index contributed by atoms with van der Waals surface area (Å²) in [7, 11) is 0. The van der Waals surface area contributed by atoms with Crippen LogP contribution in [0.1, 0.15) is 53.9 Å². The van der Waals surface area contributed by atoms with Crippen LogP contribution in [0, 0.1) is 11.8 Å². The summed E-state index contributed by atoms with van der Waals surface area (Å²) in [6.45, 7) is 11.6. The molecule has 0 spiro atoms. The first-order valence-corrected chi connectivity index (χ1v) is 10.9. The smallest absolute Gasteiger partial charge is 0.408 e. The minimum atomic E-state index is -0.683. The Bertz CT molecular complexity index is 619. The van der Waals surface area contributed by atoms with E-state index in [0.29, 0.717) is 32.5 Å². The normalized spacial score (nSPS) is 25.1. The number of aliphatic hydroxyl groups is 1. The number of alkyl carbamates (subject to hydrolysis) is 1. The van der Waals surface area contributed by atoms with E-state index in [-0.39, 0.29) is 29.7 Å². The lowest BCUT2D eigenvalue weighted by atomic mass is 9.96. The third-order valence-corrected chi connectivity index (χ3v) is 5.58. The third-order valence-electron chi connectivity index (χ3n) is 5.58. The van der Waals surface area contributed by atoms with Crippen LogP contribution in [0.3, 0.4) is 0 Å². The monoisotopic (exact) mass is 426 g/mol. The van der Waals surface area contributed by atoms with Gasteiger partial charge in [-0.1, -0.05) is 6.92 Å². The van der Waals surface area contributed by atoms with Gasteiger partial charge >= 0.3 is 6.09 Å². The molecule has 1 unspecified atom stereocenters. The summed E-state index contributed by atoms with van der Waals surface area (Å²) in [5.74, 6) is 0.141. The number of likely N-dealkylation sites (tertiary alicyclic amines) is 1.